The fourth-order valence-electron chi connectivity index (χ4n) is 2.11. The quantitative estimate of drug-likeness (QED) is 0.711. The van der Waals surface area contributed by atoms with Crippen molar-refractivity contribution in [2.45, 2.75) is 13.2 Å². The molecule has 1 heterocycles. The number of aromatic nitrogens is 1. The Balaban J connectivity index is 2.19. The maximum Gasteiger partial charge on any atom is 0.0991 e. The second-order valence-electron chi connectivity index (χ2n) is 4.80. The van der Waals surface area contributed by atoms with E-state index >= 15 is 0 Å². The number of nitrogens with zero attached hydrogens (tertiary/aromatic N) is 2. The van der Waals surface area contributed by atoms with Gasteiger partial charge in [0, 0.05) is 18.6 Å². The molecule has 0 spiro atoms. The molecular formula is C20H16N2. The molecule has 0 bridgehead atoms. The number of aryl methyl sites for hydroxylation is 1. The lowest BCUT2D eigenvalue weighted by atomic mass is 9.99. The van der Waals surface area contributed by atoms with Crippen LogP contribution < -0.4 is 0 Å². The van der Waals surface area contributed by atoms with Gasteiger partial charge in [-0.15, -0.1) is 0 Å². The first-order valence-corrected chi connectivity index (χ1v) is 6.80. The van der Waals surface area contributed by atoms with Crippen LogP contribution >= 0.6 is 0 Å². The van der Waals surface area contributed by atoms with Gasteiger partial charge in [-0.1, -0.05) is 42.5 Å². The molecule has 0 saturated heterocycles. The Kier molecular flexibility index (Phi) is 2.60. The highest BCUT2D eigenvalue weighted by Crippen LogP contribution is 2.22. The van der Waals surface area contributed by atoms with Crippen LogP contribution in [0.25, 0.3) is 11.3 Å². The SMILES string of the molecule is [2H]C([2H])([2H])c1cnc(-c2ccc(C#N)cc2)cc1C([2H])([2H])c1ccccc1. The van der Waals surface area contributed by atoms with E-state index in [2.05, 4.69) is 4.98 Å². The molecule has 2 nitrogen and oxygen atoms in total. The smallest absolute Gasteiger partial charge is 0.0991 e. The zero-order chi connectivity index (χ0) is 19.7. The van der Waals surface area contributed by atoms with E-state index in [0.717, 1.165) is 0 Å². The molecule has 1 aromatic heterocycles. The van der Waals surface area contributed by atoms with Gasteiger partial charge in [-0.2, -0.15) is 5.26 Å². The number of hydrogen-bond donors (Lipinski definition) is 0. The lowest BCUT2D eigenvalue weighted by Gasteiger charge is -2.09. The van der Waals surface area contributed by atoms with Crippen molar-refractivity contribution < 1.29 is 6.85 Å². The first-order chi connectivity index (χ1) is 12.7. The maximum atomic E-state index is 8.92. The third-order valence-electron chi connectivity index (χ3n) is 3.27. The van der Waals surface area contributed by atoms with Crippen LogP contribution in [0.2, 0.25) is 0 Å². The number of hydrogen-bond acceptors (Lipinski definition) is 2. The topological polar surface area (TPSA) is 36.7 Å². The molecule has 0 radical (unpaired) electrons. The normalized spacial score (nSPS) is 14.8. The Bertz CT molecular complexity index is 988. The van der Waals surface area contributed by atoms with Gasteiger partial charge in [0.1, 0.15) is 0 Å². The van der Waals surface area contributed by atoms with Crippen LogP contribution in [0.15, 0.2) is 66.9 Å². The van der Waals surface area contributed by atoms with Crippen molar-refractivity contribution in [3.05, 3.63) is 89.1 Å². The van der Waals surface area contributed by atoms with E-state index in [1.165, 1.54) is 12.3 Å². The van der Waals surface area contributed by atoms with Gasteiger partial charge in [-0.25, -0.2) is 0 Å². The summed E-state index contributed by atoms with van der Waals surface area (Å²) in [6.45, 7) is -2.49. The van der Waals surface area contributed by atoms with Gasteiger partial charge in [0.2, 0.25) is 0 Å². The van der Waals surface area contributed by atoms with Gasteiger partial charge in [-0.3, -0.25) is 4.98 Å². The fraction of sp³-hybridized carbons (Fsp3) is 0.100. The van der Waals surface area contributed by atoms with Gasteiger partial charge in [0.25, 0.3) is 0 Å². The van der Waals surface area contributed by atoms with Crippen LogP contribution in [0.5, 0.6) is 0 Å². The molecule has 22 heavy (non-hydrogen) atoms. The third kappa shape index (κ3) is 3.05. The number of rotatable bonds is 3. The summed E-state index contributed by atoms with van der Waals surface area (Å²) >= 11 is 0. The summed E-state index contributed by atoms with van der Waals surface area (Å²) in [6.07, 6.45) is -0.786. The fourth-order valence-corrected chi connectivity index (χ4v) is 2.11. The molecule has 0 N–H and O–H groups in total. The summed E-state index contributed by atoms with van der Waals surface area (Å²) < 4.78 is 40.5. The minimum absolute atomic E-state index is 0.0584. The van der Waals surface area contributed by atoms with Crippen LogP contribution in [-0.4, -0.2) is 4.98 Å². The van der Waals surface area contributed by atoms with Crippen LogP contribution in [0.3, 0.4) is 0 Å². The van der Waals surface area contributed by atoms with Crippen LogP contribution in [0, 0.1) is 18.2 Å². The molecule has 0 aliphatic rings. The summed E-state index contributed by atoms with van der Waals surface area (Å²) in [4.78, 5) is 4.23. The summed E-state index contributed by atoms with van der Waals surface area (Å²) in [7, 11) is 0. The van der Waals surface area contributed by atoms with Crippen LogP contribution in [0.1, 0.15) is 29.1 Å². The molecule has 0 amide bonds. The van der Waals surface area contributed by atoms with Gasteiger partial charge in [0.05, 0.1) is 17.3 Å². The summed E-state index contributed by atoms with van der Waals surface area (Å²) in [6, 6.07) is 18.7. The van der Waals surface area contributed by atoms with Crippen molar-refractivity contribution in [2.24, 2.45) is 0 Å². The predicted octanol–water partition coefficient (Wildman–Crippen LogP) is 4.52. The van der Waals surface area contributed by atoms with E-state index in [-0.39, 0.29) is 11.1 Å². The first kappa shape index (κ1) is 9.17. The second kappa shape index (κ2) is 6.24. The van der Waals surface area contributed by atoms with E-state index in [1.807, 2.05) is 6.07 Å². The second-order valence-corrected chi connectivity index (χ2v) is 4.80. The Hall–Kier alpha value is -2.92. The average molecular weight is 289 g/mol. The van der Waals surface area contributed by atoms with Crippen LogP contribution in [-0.2, 0) is 6.37 Å². The molecule has 0 fully saturated rings. The van der Waals surface area contributed by atoms with E-state index in [9.17, 15) is 0 Å². The Morgan fingerprint density at radius 1 is 1.14 bits per heavy atom. The molecule has 0 atom stereocenters. The van der Waals surface area contributed by atoms with Gasteiger partial charge in [-0.05, 0) is 48.1 Å². The maximum absolute atomic E-state index is 8.92. The highest BCUT2D eigenvalue weighted by atomic mass is 14.7. The highest BCUT2D eigenvalue weighted by molar-refractivity contribution is 5.61. The zero-order valence-electron chi connectivity index (χ0n) is 16.7. The Labute approximate surface area is 137 Å². The monoisotopic (exact) mass is 289 g/mol. The molecule has 0 aliphatic heterocycles. The first-order valence-electron chi connectivity index (χ1n) is 9.30. The lowest BCUT2D eigenvalue weighted by molar-refractivity contribution is 1.12. The summed E-state index contributed by atoms with van der Waals surface area (Å²) in [5.41, 5.74) is 1.93. The predicted molar refractivity (Wildman–Crippen MR) is 88.4 cm³/mol. The van der Waals surface area contributed by atoms with E-state index in [0.29, 0.717) is 22.4 Å². The third-order valence-corrected chi connectivity index (χ3v) is 3.27. The molecule has 2 aromatic carbocycles. The number of pyridine rings is 1. The molecular weight excluding hydrogens is 268 g/mol. The van der Waals surface area contributed by atoms with E-state index in [1.54, 1.807) is 54.6 Å². The summed E-state index contributed by atoms with van der Waals surface area (Å²) in [5.74, 6) is 0. The molecule has 3 rings (SSSR count). The molecule has 0 unspecified atom stereocenters. The van der Waals surface area contributed by atoms with Gasteiger partial charge < -0.3 is 0 Å². The highest BCUT2D eigenvalue weighted by Gasteiger charge is 2.05. The van der Waals surface area contributed by atoms with Gasteiger partial charge in [0.15, 0.2) is 0 Å². The van der Waals surface area contributed by atoms with Crippen molar-refractivity contribution in [1.29, 1.82) is 5.26 Å². The van der Waals surface area contributed by atoms with E-state index in [4.69, 9.17) is 12.1 Å². The molecule has 0 saturated carbocycles. The van der Waals surface area contributed by atoms with Crippen molar-refractivity contribution in [2.75, 3.05) is 0 Å². The Morgan fingerprint density at radius 2 is 1.91 bits per heavy atom. The van der Waals surface area contributed by atoms with Crippen molar-refractivity contribution in [3.63, 3.8) is 0 Å². The molecule has 2 heteroatoms. The van der Waals surface area contributed by atoms with Crippen LogP contribution in [0.4, 0.5) is 0 Å². The van der Waals surface area contributed by atoms with E-state index < -0.39 is 13.2 Å². The van der Waals surface area contributed by atoms with Crippen molar-refractivity contribution >= 4 is 0 Å². The summed E-state index contributed by atoms with van der Waals surface area (Å²) in [5, 5.41) is 8.92. The molecule has 3 aromatic rings. The zero-order valence-corrected chi connectivity index (χ0v) is 11.7. The molecule has 106 valence electrons. The lowest BCUT2D eigenvalue weighted by Crippen LogP contribution is -1.95. The number of benzene rings is 2. The minimum Gasteiger partial charge on any atom is -0.256 e. The average Bonchev–Trinajstić information content (AvgIpc) is 2.67. The molecule has 0 aliphatic carbocycles. The van der Waals surface area contributed by atoms with Crippen molar-refractivity contribution in [1.82, 2.24) is 4.98 Å². The standard InChI is InChI=1S/C20H16N2/c1-15-14-22-20(18-9-7-17(13-21)8-10-18)12-19(15)11-16-5-3-2-4-6-16/h2-10,12,14H,11H2,1H3/i1D3,11D2. The van der Waals surface area contributed by atoms with Gasteiger partial charge >= 0.3 is 0 Å². The minimum atomic E-state index is -2.49. The largest absolute Gasteiger partial charge is 0.256 e. The number of nitriles is 1. The Morgan fingerprint density at radius 3 is 2.59 bits per heavy atom. The van der Waals surface area contributed by atoms with Crippen molar-refractivity contribution in [3.8, 4) is 17.3 Å².